The fourth-order valence-corrected chi connectivity index (χ4v) is 2.22. The van der Waals surface area contributed by atoms with Gasteiger partial charge < -0.3 is 20.4 Å². The van der Waals surface area contributed by atoms with Crippen molar-refractivity contribution in [1.82, 2.24) is 4.90 Å². The van der Waals surface area contributed by atoms with Crippen molar-refractivity contribution >= 4 is 29.3 Å². The van der Waals surface area contributed by atoms with Gasteiger partial charge in [0, 0.05) is 18.0 Å². The number of carbonyl (C=O) groups excluding carboxylic acids is 1. The summed E-state index contributed by atoms with van der Waals surface area (Å²) in [5.41, 5.74) is -0.145. The third-order valence-corrected chi connectivity index (χ3v) is 3.23. The molecule has 0 aromatic heterocycles. The van der Waals surface area contributed by atoms with E-state index >= 15 is 0 Å². The zero-order chi connectivity index (χ0) is 14.9. The first-order chi connectivity index (χ1) is 9.38. The molecule has 3 N–H and O–H groups in total. The number of aliphatic hydroxyl groups is 1. The predicted molar refractivity (Wildman–Crippen MR) is 69.2 cm³/mol. The van der Waals surface area contributed by atoms with Gasteiger partial charge >= 0.3 is 12.0 Å². The van der Waals surface area contributed by atoms with E-state index in [1.54, 1.807) is 0 Å². The van der Waals surface area contributed by atoms with Crippen LogP contribution in [0.2, 0.25) is 5.02 Å². The summed E-state index contributed by atoms with van der Waals surface area (Å²) in [5.74, 6) is -1.90. The monoisotopic (exact) mass is 302 g/mol. The normalized spacial score (nSPS) is 21.9. The quantitative estimate of drug-likeness (QED) is 0.773. The summed E-state index contributed by atoms with van der Waals surface area (Å²) in [4.78, 5) is 23.9. The largest absolute Gasteiger partial charge is 0.480 e. The van der Waals surface area contributed by atoms with Gasteiger partial charge in [-0.2, -0.15) is 0 Å². The molecule has 0 spiro atoms. The predicted octanol–water partition coefficient (Wildman–Crippen LogP) is 1.53. The number of carboxylic acids is 1. The van der Waals surface area contributed by atoms with Crippen molar-refractivity contribution in [3.8, 4) is 0 Å². The summed E-state index contributed by atoms with van der Waals surface area (Å²) in [7, 11) is 0. The van der Waals surface area contributed by atoms with Crippen molar-refractivity contribution in [3.05, 3.63) is 29.0 Å². The first kappa shape index (κ1) is 14.5. The Morgan fingerprint density at radius 1 is 1.45 bits per heavy atom. The van der Waals surface area contributed by atoms with Crippen LogP contribution in [0.3, 0.4) is 0 Å². The van der Waals surface area contributed by atoms with Crippen LogP contribution in [0.4, 0.5) is 14.9 Å². The molecule has 1 aromatic carbocycles. The highest BCUT2D eigenvalue weighted by molar-refractivity contribution is 6.30. The van der Waals surface area contributed by atoms with Gasteiger partial charge in [-0.25, -0.2) is 14.0 Å². The molecular weight excluding hydrogens is 291 g/mol. The summed E-state index contributed by atoms with van der Waals surface area (Å²) in [6.07, 6.45) is -0.966. The summed E-state index contributed by atoms with van der Waals surface area (Å²) >= 11 is 5.70. The number of anilines is 1. The molecule has 2 atom stereocenters. The van der Waals surface area contributed by atoms with Crippen LogP contribution in [0, 0.1) is 5.82 Å². The smallest absolute Gasteiger partial charge is 0.326 e. The van der Waals surface area contributed by atoms with Crippen LogP contribution in [0.15, 0.2) is 18.2 Å². The van der Waals surface area contributed by atoms with Gasteiger partial charge in [-0.1, -0.05) is 11.6 Å². The second-order valence-electron chi connectivity index (χ2n) is 4.45. The first-order valence-corrected chi connectivity index (χ1v) is 6.20. The van der Waals surface area contributed by atoms with E-state index in [4.69, 9.17) is 16.7 Å². The van der Waals surface area contributed by atoms with Crippen molar-refractivity contribution in [2.45, 2.75) is 18.6 Å². The van der Waals surface area contributed by atoms with E-state index in [-0.39, 0.29) is 23.7 Å². The number of hydrogen-bond donors (Lipinski definition) is 3. The molecular formula is C12H12ClFN2O4. The van der Waals surface area contributed by atoms with Crippen LogP contribution in [-0.2, 0) is 4.79 Å². The van der Waals surface area contributed by atoms with Crippen LogP contribution >= 0.6 is 11.6 Å². The molecule has 0 unspecified atom stereocenters. The molecule has 108 valence electrons. The molecule has 1 fully saturated rings. The van der Waals surface area contributed by atoms with Crippen LogP contribution in [-0.4, -0.2) is 45.8 Å². The Kier molecular flexibility index (Phi) is 4.10. The summed E-state index contributed by atoms with van der Waals surface area (Å²) in [6.45, 7) is -0.120. The van der Waals surface area contributed by atoms with Crippen LogP contribution < -0.4 is 5.32 Å². The number of aliphatic carboxylic acids is 1. The minimum Gasteiger partial charge on any atom is -0.480 e. The van der Waals surface area contributed by atoms with Gasteiger partial charge in [-0.15, -0.1) is 0 Å². The average molecular weight is 303 g/mol. The third kappa shape index (κ3) is 3.00. The van der Waals surface area contributed by atoms with Crippen LogP contribution in [0.25, 0.3) is 0 Å². The Morgan fingerprint density at radius 2 is 2.15 bits per heavy atom. The number of urea groups is 1. The number of nitrogens with one attached hydrogen (secondary N) is 1. The van der Waals surface area contributed by atoms with Crippen molar-refractivity contribution < 1.29 is 24.2 Å². The standard InChI is InChI=1S/C12H12ClFN2O4/c13-6-1-2-8(14)9(3-6)15-12(20)16-5-7(17)4-10(16)11(18)19/h1-3,7,10,17H,4-5H2,(H,15,20)(H,18,19)/t7-,10+/m1/s1. The summed E-state index contributed by atoms with van der Waals surface area (Å²) in [5, 5.41) is 20.9. The van der Waals surface area contributed by atoms with Crippen molar-refractivity contribution in [2.75, 3.05) is 11.9 Å². The second-order valence-corrected chi connectivity index (χ2v) is 4.89. The SMILES string of the molecule is O=C(O)[C@@H]1C[C@@H](O)CN1C(=O)Nc1cc(Cl)ccc1F. The Hall–Kier alpha value is -1.86. The molecule has 0 saturated carbocycles. The zero-order valence-electron chi connectivity index (χ0n) is 10.2. The fourth-order valence-electron chi connectivity index (χ4n) is 2.05. The molecule has 8 heteroatoms. The van der Waals surface area contributed by atoms with Gasteiger partial charge in [-0.3, -0.25) is 0 Å². The number of benzene rings is 1. The number of carboxylic acid groups (broad SMARTS) is 1. The summed E-state index contributed by atoms with van der Waals surface area (Å²) < 4.78 is 13.5. The maximum absolute atomic E-state index is 13.5. The molecule has 20 heavy (non-hydrogen) atoms. The second kappa shape index (κ2) is 5.64. The third-order valence-electron chi connectivity index (χ3n) is 2.99. The Balaban J connectivity index is 2.15. The Bertz CT molecular complexity index is 554. The van der Waals surface area contributed by atoms with E-state index in [2.05, 4.69) is 5.32 Å². The van der Waals surface area contributed by atoms with Crippen molar-refractivity contribution in [1.29, 1.82) is 0 Å². The lowest BCUT2D eigenvalue weighted by atomic mass is 10.2. The number of rotatable bonds is 2. The van der Waals surface area contributed by atoms with Gasteiger partial charge in [0.15, 0.2) is 0 Å². The van der Waals surface area contributed by atoms with E-state index in [1.807, 2.05) is 0 Å². The van der Waals surface area contributed by atoms with Crippen molar-refractivity contribution in [2.24, 2.45) is 0 Å². The highest BCUT2D eigenvalue weighted by atomic mass is 35.5. The average Bonchev–Trinajstić information content (AvgIpc) is 2.76. The van der Waals surface area contributed by atoms with Crippen LogP contribution in [0.1, 0.15) is 6.42 Å². The van der Waals surface area contributed by atoms with Gasteiger partial charge in [0.2, 0.25) is 0 Å². The van der Waals surface area contributed by atoms with E-state index in [0.717, 1.165) is 11.0 Å². The van der Waals surface area contributed by atoms with E-state index < -0.39 is 30.0 Å². The number of nitrogens with zero attached hydrogens (tertiary/aromatic N) is 1. The number of likely N-dealkylation sites (tertiary alicyclic amines) is 1. The number of aliphatic hydroxyl groups excluding tert-OH is 1. The fraction of sp³-hybridized carbons (Fsp3) is 0.333. The zero-order valence-corrected chi connectivity index (χ0v) is 11.0. The van der Waals surface area contributed by atoms with Gasteiger partial charge in [-0.05, 0) is 18.2 Å². The van der Waals surface area contributed by atoms with E-state index in [9.17, 15) is 19.1 Å². The number of hydrogen-bond acceptors (Lipinski definition) is 3. The van der Waals surface area contributed by atoms with Crippen LogP contribution in [0.5, 0.6) is 0 Å². The molecule has 0 bridgehead atoms. The Labute approximate surface area is 118 Å². The number of β-amino-alcohol motifs (C(OH)–C–C–N with tert-alkyl or cyclic N) is 1. The lowest BCUT2D eigenvalue weighted by molar-refractivity contribution is -0.141. The lowest BCUT2D eigenvalue weighted by Gasteiger charge is -2.21. The van der Waals surface area contributed by atoms with Gasteiger partial charge in [0.05, 0.1) is 11.8 Å². The highest BCUT2D eigenvalue weighted by Gasteiger charge is 2.39. The van der Waals surface area contributed by atoms with Gasteiger partial charge in [0.1, 0.15) is 11.9 Å². The van der Waals surface area contributed by atoms with Crippen molar-refractivity contribution in [3.63, 3.8) is 0 Å². The topological polar surface area (TPSA) is 89.9 Å². The minimum absolute atomic E-state index is 0.0548. The molecule has 1 aromatic rings. The number of carbonyl (C=O) groups is 2. The maximum Gasteiger partial charge on any atom is 0.326 e. The molecule has 2 rings (SSSR count). The number of amides is 2. The molecule has 1 aliphatic rings. The van der Waals surface area contributed by atoms with Gasteiger partial charge in [0.25, 0.3) is 0 Å². The number of halogens is 2. The Morgan fingerprint density at radius 3 is 2.80 bits per heavy atom. The summed E-state index contributed by atoms with van der Waals surface area (Å²) in [6, 6.07) is 1.71. The highest BCUT2D eigenvalue weighted by Crippen LogP contribution is 2.23. The first-order valence-electron chi connectivity index (χ1n) is 5.82. The maximum atomic E-state index is 13.5. The van der Waals surface area contributed by atoms with E-state index in [0.29, 0.717) is 0 Å². The molecule has 1 saturated heterocycles. The molecule has 2 amide bonds. The minimum atomic E-state index is -1.22. The molecule has 1 aliphatic heterocycles. The molecule has 6 nitrogen and oxygen atoms in total. The van der Waals surface area contributed by atoms with E-state index in [1.165, 1.54) is 12.1 Å². The lowest BCUT2D eigenvalue weighted by Crippen LogP contribution is -2.43. The molecule has 0 aliphatic carbocycles. The molecule has 0 radical (unpaired) electrons. The molecule has 1 heterocycles.